The predicted octanol–water partition coefficient (Wildman–Crippen LogP) is 2.64. The van der Waals surface area contributed by atoms with E-state index in [2.05, 4.69) is 42.7 Å². The van der Waals surface area contributed by atoms with Crippen molar-refractivity contribution in [1.82, 2.24) is 0 Å². The Bertz CT molecular complexity index is 521. The first-order chi connectivity index (χ1) is 9.83. The molecular weight excluding hydrogens is 342 g/mol. The van der Waals surface area contributed by atoms with Crippen LogP contribution in [0.25, 0.3) is 10.2 Å². The largest absolute Gasteiger partial charge is 1.00 e. The molecule has 118 valence electrons. The van der Waals surface area contributed by atoms with E-state index in [1.54, 1.807) is 0 Å². The van der Waals surface area contributed by atoms with Crippen LogP contribution in [-0.4, -0.2) is 0 Å². The summed E-state index contributed by atoms with van der Waals surface area (Å²) in [6.45, 7) is 5.71. The van der Waals surface area contributed by atoms with Gasteiger partial charge in [0, 0.05) is 19.4 Å². The second-order valence-electron chi connectivity index (χ2n) is 5.72. The summed E-state index contributed by atoms with van der Waals surface area (Å²) in [6.07, 6.45) is 11.2. The molecule has 0 aliphatic rings. The van der Waals surface area contributed by atoms with E-state index in [1.165, 1.54) is 73.1 Å². The zero-order chi connectivity index (χ0) is 14.2. The van der Waals surface area contributed by atoms with Crippen molar-refractivity contribution in [3.05, 3.63) is 29.3 Å². The minimum absolute atomic E-state index is 0. The lowest BCUT2D eigenvalue weighted by molar-refractivity contribution is -0.673. The minimum atomic E-state index is 0. The first-order valence-electron chi connectivity index (χ1n) is 8.21. The first-order valence-corrected chi connectivity index (χ1v) is 9.02. The van der Waals surface area contributed by atoms with E-state index in [1.807, 2.05) is 11.3 Å². The first kappa shape index (κ1) is 18.6. The molecular formula is C18H28BrNS. The van der Waals surface area contributed by atoms with Crippen molar-refractivity contribution in [2.24, 2.45) is 0 Å². The lowest BCUT2D eigenvalue weighted by Crippen LogP contribution is -3.00. The number of rotatable bonds is 9. The summed E-state index contributed by atoms with van der Waals surface area (Å²) >= 11 is 1.92. The fraction of sp³-hybridized carbons (Fsp3) is 0.611. The molecule has 0 atom stereocenters. The van der Waals surface area contributed by atoms with Crippen LogP contribution in [0.2, 0.25) is 0 Å². The van der Waals surface area contributed by atoms with E-state index in [0.717, 1.165) is 0 Å². The Morgan fingerprint density at radius 3 is 2.24 bits per heavy atom. The summed E-state index contributed by atoms with van der Waals surface area (Å²) in [5.41, 5.74) is 1.41. The fourth-order valence-electron chi connectivity index (χ4n) is 2.83. The number of fused-ring (bicyclic) bond motifs is 1. The SMILES string of the molecule is CCCCCCCCCC[n+]1c(C)sc2ccccc21.[Br-]. The third-order valence-corrected chi connectivity index (χ3v) is 5.11. The number of aromatic nitrogens is 1. The van der Waals surface area contributed by atoms with Crippen LogP contribution in [0, 0.1) is 6.92 Å². The summed E-state index contributed by atoms with van der Waals surface area (Å²) < 4.78 is 3.92. The molecule has 1 aromatic carbocycles. The molecule has 0 bridgehead atoms. The summed E-state index contributed by atoms with van der Waals surface area (Å²) in [5.74, 6) is 0. The van der Waals surface area contributed by atoms with Crippen molar-refractivity contribution in [1.29, 1.82) is 0 Å². The standard InChI is InChI=1S/C18H28NS.BrH/c1-3-4-5-6-7-8-9-12-15-19-16(2)20-18-14-11-10-13-17(18)19;/h10-11,13-14H,3-9,12,15H2,1-2H3;1H/q+1;/p-1. The van der Waals surface area contributed by atoms with Gasteiger partial charge in [0.05, 0.1) is 0 Å². The topological polar surface area (TPSA) is 3.88 Å². The molecule has 0 saturated heterocycles. The monoisotopic (exact) mass is 369 g/mol. The van der Waals surface area contributed by atoms with Crippen molar-refractivity contribution in [3.63, 3.8) is 0 Å². The molecule has 0 aliphatic heterocycles. The number of para-hydroxylation sites is 1. The van der Waals surface area contributed by atoms with Gasteiger partial charge in [0.2, 0.25) is 10.5 Å². The number of aryl methyl sites for hydroxylation is 2. The number of unbranched alkanes of at least 4 members (excludes halogenated alkanes) is 7. The molecule has 1 nitrogen and oxygen atoms in total. The third-order valence-electron chi connectivity index (χ3n) is 4.03. The maximum atomic E-state index is 2.50. The molecule has 1 heterocycles. The van der Waals surface area contributed by atoms with Gasteiger partial charge in [-0.1, -0.05) is 68.9 Å². The van der Waals surface area contributed by atoms with Gasteiger partial charge in [-0.25, -0.2) is 0 Å². The van der Waals surface area contributed by atoms with Crippen LogP contribution in [0.5, 0.6) is 0 Å². The Hall–Kier alpha value is -0.410. The van der Waals surface area contributed by atoms with E-state index >= 15 is 0 Å². The van der Waals surface area contributed by atoms with Crippen LogP contribution in [0.3, 0.4) is 0 Å². The molecule has 1 aromatic heterocycles. The van der Waals surface area contributed by atoms with Crippen LogP contribution in [0.15, 0.2) is 24.3 Å². The second kappa shape index (κ2) is 10.3. The fourth-order valence-corrected chi connectivity index (χ4v) is 3.88. The average molecular weight is 370 g/mol. The number of hydrogen-bond acceptors (Lipinski definition) is 1. The molecule has 2 rings (SSSR count). The maximum Gasteiger partial charge on any atom is 0.235 e. The van der Waals surface area contributed by atoms with Crippen molar-refractivity contribution < 1.29 is 21.5 Å². The van der Waals surface area contributed by atoms with E-state index in [-0.39, 0.29) is 17.0 Å². The second-order valence-corrected chi connectivity index (χ2v) is 6.95. The minimum Gasteiger partial charge on any atom is -1.00 e. The molecule has 0 unspecified atom stereocenters. The normalized spacial score (nSPS) is 10.8. The van der Waals surface area contributed by atoms with E-state index in [4.69, 9.17) is 0 Å². The Morgan fingerprint density at radius 2 is 1.52 bits per heavy atom. The van der Waals surface area contributed by atoms with Gasteiger partial charge in [0.25, 0.3) is 0 Å². The quantitative estimate of drug-likeness (QED) is 0.472. The number of hydrogen-bond donors (Lipinski definition) is 0. The number of nitrogens with zero attached hydrogens (tertiary/aromatic N) is 1. The molecule has 3 heteroatoms. The molecule has 0 fully saturated rings. The molecule has 0 spiro atoms. The van der Waals surface area contributed by atoms with Crippen LogP contribution in [-0.2, 0) is 6.54 Å². The molecule has 0 amide bonds. The van der Waals surface area contributed by atoms with Crippen LogP contribution in [0.1, 0.15) is 63.3 Å². The highest BCUT2D eigenvalue weighted by Crippen LogP contribution is 2.19. The maximum absolute atomic E-state index is 2.50. The van der Waals surface area contributed by atoms with Gasteiger partial charge in [-0.05, 0) is 12.5 Å². The third kappa shape index (κ3) is 5.71. The highest BCUT2D eigenvalue weighted by Gasteiger charge is 2.15. The van der Waals surface area contributed by atoms with Gasteiger partial charge in [-0.15, -0.1) is 0 Å². The summed E-state index contributed by atoms with van der Waals surface area (Å²) in [7, 11) is 0. The van der Waals surface area contributed by atoms with E-state index < -0.39 is 0 Å². The smallest absolute Gasteiger partial charge is 0.235 e. The molecule has 0 saturated carbocycles. The Balaban J connectivity index is 0.00000220. The van der Waals surface area contributed by atoms with Gasteiger partial charge in [-0.3, -0.25) is 0 Å². The van der Waals surface area contributed by atoms with Crippen LogP contribution >= 0.6 is 11.3 Å². The molecule has 0 radical (unpaired) electrons. The van der Waals surface area contributed by atoms with Gasteiger partial charge in [0.1, 0.15) is 11.2 Å². The summed E-state index contributed by atoms with van der Waals surface area (Å²) in [4.78, 5) is 0. The highest BCUT2D eigenvalue weighted by atomic mass is 79.9. The number of benzene rings is 1. The van der Waals surface area contributed by atoms with Gasteiger partial charge < -0.3 is 17.0 Å². The Kier molecular flexibility index (Phi) is 9.18. The van der Waals surface area contributed by atoms with Crippen molar-refractivity contribution >= 4 is 21.6 Å². The van der Waals surface area contributed by atoms with E-state index in [0.29, 0.717) is 0 Å². The Labute approximate surface area is 144 Å². The zero-order valence-electron chi connectivity index (χ0n) is 13.4. The van der Waals surface area contributed by atoms with E-state index in [9.17, 15) is 0 Å². The van der Waals surface area contributed by atoms with Crippen molar-refractivity contribution in [2.45, 2.75) is 71.8 Å². The number of thiazole rings is 1. The lowest BCUT2D eigenvalue weighted by atomic mass is 10.1. The van der Waals surface area contributed by atoms with Gasteiger partial charge >= 0.3 is 0 Å². The van der Waals surface area contributed by atoms with Gasteiger partial charge in [-0.2, -0.15) is 4.57 Å². The van der Waals surface area contributed by atoms with Crippen LogP contribution in [0.4, 0.5) is 0 Å². The molecule has 21 heavy (non-hydrogen) atoms. The average Bonchev–Trinajstić information content (AvgIpc) is 2.78. The van der Waals surface area contributed by atoms with Crippen LogP contribution < -0.4 is 21.5 Å². The van der Waals surface area contributed by atoms with Crippen molar-refractivity contribution in [3.8, 4) is 0 Å². The number of halogens is 1. The molecule has 0 aliphatic carbocycles. The molecule has 2 aromatic rings. The van der Waals surface area contributed by atoms with Crippen molar-refractivity contribution in [2.75, 3.05) is 0 Å². The Morgan fingerprint density at radius 1 is 0.905 bits per heavy atom. The highest BCUT2D eigenvalue weighted by molar-refractivity contribution is 7.18. The predicted molar refractivity (Wildman–Crippen MR) is 89.4 cm³/mol. The molecule has 0 N–H and O–H groups in total. The summed E-state index contributed by atoms with van der Waals surface area (Å²) in [5, 5.41) is 1.44. The van der Waals surface area contributed by atoms with Gasteiger partial charge in [0.15, 0.2) is 0 Å². The zero-order valence-corrected chi connectivity index (χ0v) is 15.8. The lowest BCUT2D eigenvalue weighted by Gasteiger charge is -2.00. The summed E-state index contributed by atoms with van der Waals surface area (Å²) in [6, 6.07) is 8.78.